The summed E-state index contributed by atoms with van der Waals surface area (Å²) in [6.07, 6.45) is -1.38. The van der Waals surface area contributed by atoms with Gasteiger partial charge in [0, 0.05) is 5.56 Å². The summed E-state index contributed by atoms with van der Waals surface area (Å²) in [5.41, 5.74) is -0.891. The van der Waals surface area contributed by atoms with Crippen molar-refractivity contribution in [3.8, 4) is 0 Å². The van der Waals surface area contributed by atoms with Gasteiger partial charge in [-0.1, -0.05) is 0 Å². The third-order valence-electron chi connectivity index (χ3n) is 2.11. The monoisotopic (exact) mass is 240 g/mol. The Labute approximate surface area is 88.5 Å². The second-order valence-electron chi connectivity index (χ2n) is 3.44. The quantitative estimate of drug-likeness (QED) is 0.489. The average molecular weight is 240 g/mol. The van der Waals surface area contributed by atoms with E-state index in [1.165, 1.54) is 6.92 Å². The van der Waals surface area contributed by atoms with E-state index in [9.17, 15) is 22.0 Å². The summed E-state index contributed by atoms with van der Waals surface area (Å²) in [6, 6.07) is 0. The fourth-order valence-electron chi connectivity index (χ4n) is 1.22. The normalized spacial score (nSPS) is 12.9. The molecule has 1 nitrogen and oxygen atoms in total. The van der Waals surface area contributed by atoms with Crippen molar-refractivity contribution in [1.82, 2.24) is 0 Å². The van der Waals surface area contributed by atoms with E-state index in [0.717, 1.165) is 0 Å². The molecule has 1 aromatic carbocycles. The highest BCUT2D eigenvalue weighted by Gasteiger charge is 2.25. The van der Waals surface area contributed by atoms with Crippen LogP contribution >= 0.6 is 0 Å². The third kappa shape index (κ3) is 2.32. The van der Waals surface area contributed by atoms with E-state index in [-0.39, 0.29) is 6.42 Å². The highest BCUT2D eigenvalue weighted by atomic mass is 19.2. The zero-order chi connectivity index (χ0) is 12.5. The topological polar surface area (TPSA) is 20.2 Å². The summed E-state index contributed by atoms with van der Waals surface area (Å²) in [6.45, 7) is 1.35. The number of aliphatic hydroxyl groups excluding tert-OH is 1. The number of halogens is 5. The molecule has 0 aliphatic heterocycles. The minimum absolute atomic E-state index is 0.0850. The van der Waals surface area contributed by atoms with Gasteiger partial charge in [-0.2, -0.15) is 0 Å². The number of aliphatic hydroxyl groups is 1. The molecule has 1 atom stereocenters. The molecule has 0 aliphatic rings. The lowest BCUT2D eigenvalue weighted by molar-refractivity contribution is 0.183. The van der Waals surface area contributed by atoms with Gasteiger partial charge in [-0.3, -0.25) is 0 Å². The first kappa shape index (κ1) is 12.9. The molecular weight excluding hydrogens is 231 g/mol. The van der Waals surface area contributed by atoms with Crippen LogP contribution in [0.3, 0.4) is 0 Å². The molecule has 0 amide bonds. The van der Waals surface area contributed by atoms with Crippen molar-refractivity contribution < 1.29 is 27.1 Å². The summed E-state index contributed by atoms with van der Waals surface area (Å²) in [5, 5.41) is 8.88. The zero-order valence-corrected chi connectivity index (χ0v) is 8.33. The van der Waals surface area contributed by atoms with Crippen LogP contribution in [0.2, 0.25) is 0 Å². The second-order valence-corrected chi connectivity index (χ2v) is 3.44. The Morgan fingerprint density at radius 1 is 0.875 bits per heavy atom. The number of hydrogen-bond acceptors (Lipinski definition) is 1. The lowest BCUT2D eigenvalue weighted by Crippen LogP contribution is -2.10. The van der Waals surface area contributed by atoms with E-state index in [0.29, 0.717) is 0 Å². The Bertz CT molecular complexity index is 374. The maximum Gasteiger partial charge on any atom is 0.200 e. The standard InChI is InChI=1S/C10H9F5O/c1-4(16)2-3-5-6(11)8(13)10(15)9(14)7(5)12/h4,16H,2-3H2,1H3. The van der Waals surface area contributed by atoms with E-state index in [1.807, 2.05) is 0 Å². The van der Waals surface area contributed by atoms with Crippen LogP contribution in [0.4, 0.5) is 22.0 Å². The van der Waals surface area contributed by atoms with Gasteiger partial charge in [0.1, 0.15) is 0 Å². The van der Waals surface area contributed by atoms with Crippen LogP contribution in [0.1, 0.15) is 18.9 Å². The van der Waals surface area contributed by atoms with Crippen LogP contribution in [-0.4, -0.2) is 11.2 Å². The number of hydrogen-bond donors (Lipinski definition) is 1. The van der Waals surface area contributed by atoms with Gasteiger partial charge in [0.05, 0.1) is 6.10 Å². The lowest BCUT2D eigenvalue weighted by atomic mass is 10.1. The van der Waals surface area contributed by atoms with E-state index in [1.54, 1.807) is 0 Å². The van der Waals surface area contributed by atoms with Crippen LogP contribution in [0.5, 0.6) is 0 Å². The van der Waals surface area contributed by atoms with Crippen molar-refractivity contribution >= 4 is 0 Å². The van der Waals surface area contributed by atoms with Gasteiger partial charge in [-0.25, -0.2) is 22.0 Å². The molecule has 0 aromatic heterocycles. The van der Waals surface area contributed by atoms with Crippen LogP contribution in [0.15, 0.2) is 0 Å². The summed E-state index contributed by atoms with van der Waals surface area (Å²) < 4.78 is 64.1. The molecule has 0 aliphatic carbocycles. The summed E-state index contributed by atoms with van der Waals surface area (Å²) >= 11 is 0. The molecule has 0 spiro atoms. The zero-order valence-electron chi connectivity index (χ0n) is 8.33. The van der Waals surface area contributed by atoms with Gasteiger partial charge in [0.2, 0.25) is 5.82 Å². The van der Waals surface area contributed by atoms with Gasteiger partial charge >= 0.3 is 0 Å². The van der Waals surface area contributed by atoms with Gasteiger partial charge in [-0.05, 0) is 19.8 Å². The van der Waals surface area contributed by atoms with E-state index in [2.05, 4.69) is 0 Å². The Hall–Kier alpha value is -1.17. The van der Waals surface area contributed by atoms with Gasteiger partial charge in [-0.15, -0.1) is 0 Å². The lowest BCUT2D eigenvalue weighted by Gasteiger charge is -2.09. The fraction of sp³-hybridized carbons (Fsp3) is 0.400. The summed E-state index contributed by atoms with van der Waals surface area (Å²) in [7, 11) is 0. The molecule has 0 radical (unpaired) electrons. The number of benzene rings is 1. The molecule has 16 heavy (non-hydrogen) atoms. The Balaban J connectivity index is 3.18. The van der Waals surface area contributed by atoms with E-state index in [4.69, 9.17) is 5.11 Å². The third-order valence-corrected chi connectivity index (χ3v) is 2.11. The first-order chi connectivity index (χ1) is 7.36. The first-order valence-corrected chi connectivity index (χ1v) is 4.54. The molecule has 1 rings (SSSR count). The van der Waals surface area contributed by atoms with Crippen molar-refractivity contribution in [2.45, 2.75) is 25.9 Å². The first-order valence-electron chi connectivity index (χ1n) is 4.54. The van der Waals surface area contributed by atoms with Crippen molar-refractivity contribution in [2.24, 2.45) is 0 Å². The van der Waals surface area contributed by atoms with Gasteiger partial charge < -0.3 is 5.11 Å². The fourth-order valence-corrected chi connectivity index (χ4v) is 1.22. The van der Waals surface area contributed by atoms with Crippen LogP contribution < -0.4 is 0 Å². The van der Waals surface area contributed by atoms with Crippen LogP contribution in [0.25, 0.3) is 0 Å². The molecule has 0 saturated heterocycles. The maximum atomic E-state index is 13.1. The van der Waals surface area contributed by atoms with Gasteiger partial charge in [0.15, 0.2) is 23.3 Å². The minimum atomic E-state index is -2.17. The Kier molecular flexibility index (Phi) is 3.85. The number of rotatable bonds is 3. The Morgan fingerprint density at radius 2 is 1.25 bits per heavy atom. The predicted molar refractivity (Wildman–Crippen MR) is 46.2 cm³/mol. The molecule has 0 saturated carbocycles. The Morgan fingerprint density at radius 3 is 1.62 bits per heavy atom. The molecule has 1 unspecified atom stereocenters. The largest absolute Gasteiger partial charge is 0.393 e. The highest BCUT2D eigenvalue weighted by Crippen LogP contribution is 2.24. The van der Waals surface area contributed by atoms with Crippen molar-refractivity contribution in [2.75, 3.05) is 0 Å². The molecule has 0 heterocycles. The molecule has 0 fully saturated rings. The smallest absolute Gasteiger partial charge is 0.200 e. The molecular formula is C10H9F5O. The predicted octanol–water partition coefficient (Wildman–Crippen LogP) is 2.70. The van der Waals surface area contributed by atoms with Crippen LogP contribution in [-0.2, 0) is 6.42 Å². The summed E-state index contributed by atoms with van der Waals surface area (Å²) in [5.74, 6) is -9.76. The SMILES string of the molecule is CC(O)CCc1c(F)c(F)c(F)c(F)c1F. The average Bonchev–Trinajstić information content (AvgIpc) is 2.23. The summed E-state index contributed by atoms with van der Waals surface area (Å²) in [4.78, 5) is 0. The molecule has 6 heteroatoms. The molecule has 0 bridgehead atoms. The molecule has 90 valence electrons. The van der Waals surface area contributed by atoms with Crippen molar-refractivity contribution in [3.05, 3.63) is 34.6 Å². The molecule has 1 aromatic rings. The van der Waals surface area contributed by atoms with E-state index >= 15 is 0 Å². The minimum Gasteiger partial charge on any atom is -0.393 e. The maximum absolute atomic E-state index is 13.1. The van der Waals surface area contributed by atoms with Crippen molar-refractivity contribution in [3.63, 3.8) is 0 Å². The van der Waals surface area contributed by atoms with Gasteiger partial charge in [0.25, 0.3) is 0 Å². The second kappa shape index (κ2) is 4.78. The van der Waals surface area contributed by atoms with Crippen molar-refractivity contribution in [1.29, 1.82) is 0 Å². The highest BCUT2D eigenvalue weighted by molar-refractivity contribution is 5.24. The van der Waals surface area contributed by atoms with E-state index < -0.39 is 47.2 Å². The molecule has 1 N–H and O–H groups in total. The van der Waals surface area contributed by atoms with Crippen LogP contribution in [0, 0.1) is 29.1 Å².